The SMILES string of the molecule is CCOc1cc2ncc(C#N)c(Nc3ccc(F)c(Cl)c3)c2cc1N. The monoisotopic (exact) mass is 356 g/mol. The lowest BCUT2D eigenvalue weighted by molar-refractivity contribution is 0.342. The fourth-order valence-electron chi connectivity index (χ4n) is 2.45. The zero-order valence-electron chi connectivity index (χ0n) is 13.3. The number of nitrogens with zero attached hydrogens (tertiary/aromatic N) is 2. The van der Waals surface area contributed by atoms with Gasteiger partial charge in [-0.15, -0.1) is 0 Å². The molecule has 0 atom stereocenters. The van der Waals surface area contributed by atoms with Crippen molar-refractivity contribution in [2.75, 3.05) is 17.7 Å². The van der Waals surface area contributed by atoms with Crippen LogP contribution in [0, 0.1) is 17.1 Å². The number of nitrogens with one attached hydrogen (secondary N) is 1. The first-order valence-electron chi connectivity index (χ1n) is 7.50. The van der Waals surface area contributed by atoms with Crippen LogP contribution in [0.1, 0.15) is 12.5 Å². The Balaban J connectivity index is 2.15. The molecule has 1 heterocycles. The Morgan fingerprint density at radius 2 is 2.16 bits per heavy atom. The van der Waals surface area contributed by atoms with Crippen molar-refractivity contribution in [2.24, 2.45) is 0 Å². The molecule has 0 saturated heterocycles. The molecule has 0 fully saturated rings. The number of aromatic nitrogens is 1. The van der Waals surface area contributed by atoms with Gasteiger partial charge >= 0.3 is 0 Å². The molecule has 0 unspecified atom stereocenters. The highest BCUT2D eigenvalue weighted by atomic mass is 35.5. The molecule has 25 heavy (non-hydrogen) atoms. The molecular weight excluding hydrogens is 343 g/mol. The van der Waals surface area contributed by atoms with Crippen LogP contribution in [0.5, 0.6) is 5.75 Å². The van der Waals surface area contributed by atoms with Crippen LogP contribution in [0.3, 0.4) is 0 Å². The van der Waals surface area contributed by atoms with Crippen molar-refractivity contribution in [1.82, 2.24) is 4.98 Å². The summed E-state index contributed by atoms with van der Waals surface area (Å²) in [5, 5.41) is 13.1. The van der Waals surface area contributed by atoms with Gasteiger partial charge in [-0.3, -0.25) is 4.98 Å². The number of anilines is 3. The second-order valence-corrected chi connectivity index (χ2v) is 5.66. The Morgan fingerprint density at radius 1 is 1.36 bits per heavy atom. The van der Waals surface area contributed by atoms with E-state index >= 15 is 0 Å². The number of pyridine rings is 1. The minimum atomic E-state index is -0.516. The number of ether oxygens (including phenoxy) is 1. The van der Waals surface area contributed by atoms with E-state index in [4.69, 9.17) is 22.1 Å². The van der Waals surface area contributed by atoms with Crippen molar-refractivity contribution < 1.29 is 9.13 Å². The molecule has 2 aromatic carbocycles. The summed E-state index contributed by atoms with van der Waals surface area (Å²) in [6, 6.07) is 9.74. The predicted molar refractivity (Wildman–Crippen MR) is 96.7 cm³/mol. The number of rotatable bonds is 4. The van der Waals surface area contributed by atoms with Gasteiger partial charge in [-0.25, -0.2) is 4.39 Å². The lowest BCUT2D eigenvalue weighted by Gasteiger charge is -2.14. The number of nitriles is 1. The van der Waals surface area contributed by atoms with Gasteiger partial charge in [0.25, 0.3) is 0 Å². The van der Waals surface area contributed by atoms with Gasteiger partial charge in [0.05, 0.1) is 34.1 Å². The number of nitrogens with two attached hydrogens (primary N) is 1. The van der Waals surface area contributed by atoms with Gasteiger partial charge in [-0.2, -0.15) is 5.26 Å². The molecule has 0 saturated carbocycles. The summed E-state index contributed by atoms with van der Waals surface area (Å²) in [4.78, 5) is 4.29. The third-order valence-corrected chi connectivity index (χ3v) is 3.90. The molecule has 0 aliphatic rings. The standard InChI is InChI=1S/C18H14ClFN4O/c1-2-25-17-7-16-12(6-15(17)22)18(10(8-21)9-23-16)24-11-3-4-14(20)13(19)5-11/h3-7,9H,2,22H2,1H3,(H,23,24). The zero-order chi connectivity index (χ0) is 18.0. The van der Waals surface area contributed by atoms with Crippen molar-refractivity contribution in [3.8, 4) is 11.8 Å². The summed E-state index contributed by atoms with van der Waals surface area (Å²) in [6.45, 7) is 2.34. The average molecular weight is 357 g/mol. The maximum Gasteiger partial charge on any atom is 0.144 e. The Hall–Kier alpha value is -3.04. The topological polar surface area (TPSA) is 84.0 Å². The van der Waals surface area contributed by atoms with Crippen LogP contribution in [0.2, 0.25) is 5.02 Å². The van der Waals surface area contributed by atoms with Crippen molar-refractivity contribution >= 4 is 39.6 Å². The fourth-order valence-corrected chi connectivity index (χ4v) is 2.64. The van der Waals surface area contributed by atoms with E-state index in [0.717, 1.165) is 0 Å². The maximum atomic E-state index is 13.4. The Kier molecular flexibility index (Phi) is 4.59. The van der Waals surface area contributed by atoms with Crippen LogP contribution in [0.25, 0.3) is 10.9 Å². The van der Waals surface area contributed by atoms with Gasteiger partial charge in [-0.05, 0) is 31.2 Å². The molecule has 126 valence electrons. The van der Waals surface area contributed by atoms with Gasteiger partial charge in [0, 0.05) is 23.3 Å². The van der Waals surface area contributed by atoms with E-state index in [9.17, 15) is 9.65 Å². The van der Waals surface area contributed by atoms with Crippen molar-refractivity contribution in [3.05, 3.63) is 52.9 Å². The molecule has 3 N–H and O–H groups in total. The molecule has 7 heteroatoms. The first-order valence-corrected chi connectivity index (χ1v) is 7.88. The first kappa shape index (κ1) is 16.8. The molecule has 0 aliphatic carbocycles. The molecule has 1 aromatic heterocycles. The molecule has 0 spiro atoms. The molecule has 0 amide bonds. The van der Waals surface area contributed by atoms with E-state index in [1.165, 1.54) is 24.4 Å². The minimum absolute atomic E-state index is 0.0139. The van der Waals surface area contributed by atoms with Gasteiger partial charge < -0.3 is 15.8 Å². The molecule has 0 radical (unpaired) electrons. The molecule has 0 bridgehead atoms. The average Bonchev–Trinajstić information content (AvgIpc) is 2.60. The van der Waals surface area contributed by atoms with Crippen LogP contribution in [-0.4, -0.2) is 11.6 Å². The maximum absolute atomic E-state index is 13.4. The lowest BCUT2D eigenvalue weighted by Crippen LogP contribution is -2.00. The number of fused-ring (bicyclic) bond motifs is 1. The quantitative estimate of drug-likeness (QED) is 0.666. The number of halogens is 2. The Bertz CT molecular complexity index is 1000. The minimum Gasteiger partial charge on any atom is -0.492 e. The molecular formula is C18H14ClFN4O. The van der Waals surface area contributed by atoms with Gasteiger partial charge in [0.1, 0.15) is 17.6 Å². The smallest absolute Gasteiger partial charge is 0.144 e. The van der Waals surface area contributed by atoms with Gasteiger partial charge in [0.15, 0.2) is 0 Å². The number of benzene rings is 2. The second kappa shape index (κ2) is 6.83. The second-order valence-electron chi connectivity index (χ2n) is 5.25. The molecule has 5 nitrogen and oxygen atoms in total. The molecule has 3 aromatic rings. The summed E-state index contributed by atoms with van der Waals surface area (Å²) in [5.74, 6) is 0.0147. The normalized spacial score (nSPS) is 10.5. The van der Waals surface area contributed by atoms with Crippen molar-refractivity contribution in [3.63, 3.8) is 0 Å². The van der Waals surface area contributed by atoms with Crippen LogP contribution >= 0.6 is 11.6 Å². The summed E-state index contributed by atoms with van der Waals surface area (Å²) in [5.41, 5.74) is 8.48. The van der Waals surface area contributed by atoms with Crippen LogP contribution in [0.15, 0.2) is 36.5 Å². The highest BCUT2D eigenvalue weighted by molar-refractivity contribution is 6.31. The van der Waals surface area contributed by atoms with E-state index in [2.05, 4.69) is 16.4 Å². The van der Waals surface area contributed by atoms with Crippen LogP contribution in [-0.2, 0) is 0 Å². The van der Waals surface area contributed by atoms with Crippen LogP contribution in [0.4, 0.5) is 21.5 Å². The highest BCUT2D eigenvalue weighted by Gasteiger charge is 2.13. The zero-order valence-corrected chi connectivity index (χ0v) is 14.1. The summed E-state index contributed by atoms with van der Waals surface area (Å²) < 4.78 is 18.8. The van der Waals surface area contributed by atoms with E-state index in [0.29, 0.717) is 45.9 Å². The third kappa shape index (κ3) is 3.28. The van der Waals surface area contributed by atoms with E-state index < -0.39 is 5.82 Å². The molecule has 0 aliphatic heterocycles. The fraction of sp³-hybridized carbons (Fsp3) is 0.111. The van der Waals surface area contributed by atoms with Gasteiger partial charge in [-0.1, -0.05) is 11.6 Å². The Labute approximate surface area is 148 Å². The number of hydrogen-bond donors (Lipinski definition) is 2. The third-order valence-electron chi connectivity index (χ3n) is 3.61. The molecule has 3 rings (SSSR count). The van der Waals surface area contributed by atoms with E-state index in [-0.39, 0.29) is 5.02 Å². The van der Waals surface area contributed by atoms with E-state index in [1.54, 1.807) is 12.1 Å². The number of nitrogen functional groups attached to an aromatic ring is 1. The number of hydrogen-bond acceptors (Lipinski definition) is 5. The van der Waals surface area contributed by atoms with Gasteiger partial charge in [0.2, 0.25) is 0 Å². The first-order chi connectivity index (χ1) is 12.0. The summed E-state index contributed by atoms with van der Waals surface area (Å²) in [7, 11) is 0. The van der Waals surface area contributed by atoms with E-state index in [1.807, 2.05) is 6.92 Å². The van der Waals surface area contributed by atoms with Crippen LogP contribution < -0.4 is 15.8 Å². The lowest BCUT2D eigenvalue weighted by atomic mass is 10.1. The Morgan fingerprint density at radius 3 is 2.84 bits per heavy atom. The highest BCUT2D eigenvalue weighted by Crippen LogP contribution is 2.35. The predicted octanol–water partition coefficient (Wildman–Crippen LogP) is 4.62. The summed E-state index contributed by atoms with van der Waals surface area (Å²) >= 11 is 5.82. The van der Waals surface area contributed by atoms with Crippen molar-refractivity contribution in [1.29, 1.82) is 5.26 Å². The largest absolute Gasteiger partial charge is 0.492 e. The summed E-state index contributed by atoms with van der Waals surface area (Å²) in [6.07, 6.45) is 1.46. The van der Waals surface area contributed by atoms with Crippen molar-refractivity contribution in [2.45, 2.75) is 6.92 Å².